The van der Waals surface area contributed by atoms with E-state index < -0.39 is 0 Å². The molecule has 1 heterocycles. The SMILES string of the molecule is [B]c1cc(C)cc2n[nH]nc12. The monoisotopic (exact) mass is 143 g/mol. The van der Waals surface area contributed by atoms with Crippen molar-refractivity contribution in [2.45, 2.75) is 6.92 Å². The number of fused-ring (bicyclic) bond motifs is 1. The van der Waals surface area contributed by atoms with Crippen molar-refractivity contribution in [3.05, 3.63) is 17.7 Å². The second-order valence-electron chi connectivity index (χ2n) is 2.55. The largest absolute Gasteiger partial charge is 0.197 e. The molecule has 0 aliphatic heterocycles. The number of aromatic amines is 1. The third kappa shape index (κ3) is 0.907. The zero-order chi connectivity index (χ0) is 7.84. The summed E-state index contributed by atoms with van der Waals surface area (Å²) in [7, 11) is 5.68. The summed E-state index contributed by atoms with van der Waals surface area (Å²) in [4.78, 5) is 0. The summed E-state index contributed by atoms with van der Waals surface area (Å²) in [5.74, 6) is 0. The third-order valence-electron chi connectivity index (χ3n) is 1.60. The van der Waals surface area contributed by atoms with Crippen LogP contribution in [0.3, 0.4) is 0 Å². The highest BCUT2D eigenvalue weighted by molar-refractivity contribution is 6.38. The number of aromatic nitrogens is 3. The average Bonchev–Trinajstić information content (AvgIpc) is 2.34. The molecule has 4 heteroatoms. The Morgan fingerprint density at radius 1 is 1.36 bits per heavy atom. The molecule has 0 aliphatic rings. The second-order valence-corrected chi connectivity index (χ2v) is 2.55. The van der Waals surface area contributed by atoms with Crippen LogP contribution in [0.2, 0.25) is 0 Å². The summed E-state index contributed by atoms with van der Waals surface area (Å²) in [5.41, 5.74) is 3.34. The summed E-state index contributed by atoms with van der Waals surface area (Å²) in [6, 6.07) is 3.82. The third-order valence-corrected chi connectivity index (χ3v) is 1.60. The van der Waals surface area contributed by atoms with E-state index in [1.165, 1.54) is 0 Å². The van der Waals surface area contributed by atoms with Gasteiger partial charge in [-0.05, 0) is 18.6 Å². The standard InChI is InChI=1S/C7H6BN3/c1-4-2-5(8)7-6(3-4)9-11-10-7/h2-3H,1H3,(H,9,10,11). The van der Waals surface area contributed by atoms with Gasteiger partial charge in [-0.15, -0.1) is 0 Å². The lowest BCUT2D eigenvalue weighted by Crippen LogP contribution is -2.04. The van der Waals surface area contributed by atoms with E-state index in [-0.39, 0.29) is 0 Å². The number of nitrogens with one attached hydrogen (secondary N) is 1. The lowest BCUT2D eigenvalue weighted by molar-refractivity contribution is 0.960. The van der Waals surface area contributed by atoms with Gasteiger partial charge in [0.25, 0.3) is 0 Å². The predicted molar refractivity (Wildman–Crippen MR) is 44.0 cm³/mol. The Hall–Kier alpha value is -1.32. The van der Waals surface area contributed by atoms with E-state index in [9.17, 15) is 0 Å². The molecule has 0 aliphatic carbocycles. The smallest absolute Gasteiger partial charge is 0.117 e. The van der Waals surface area contributed by atoms with E-state index in [1.807, 2.05) is 19.1 Å². The van der Waals surface area contributed by atoms with Crippen LogP contribution in [0, 0.1) is 6.92 Å². The molecule has 0 atom stereocenters. The van der Waals surface area contributed by atoms with Crippen LogP contribution in [0.1, 0.15) is 5.56 Å². The Kier molecular flexibility index (Phi) is 1.21. The Bertz CT molecular complexity index is 393. The number of nitrogens with zero attached hydrogens (tertiary/aromatic N) is 2. The zero-order valence-corrected chi connectivity index (χ0v) is 6.13. The van der Waals surface area contributed by atoms with E-state index >= 15 is 0 Å². The van der Waals surface area contributed by atoms with Gasteiger partial charge in [0.05, 0.1) is 0 Å². The van der Waals surface area contributed by atoms with Crippen LogP contribution in [0.15, 0.2) is 12.1 Å². The number of hydrogen-bond donors (Lipinski definition) is 1. The Labute approximate surface area is 65.2 Å². The van der Waals surface area contributed by atoms with Gasteiger partial charge in [0, 0.05) is 0 Å². The molecular formula is C7H6BN3. The molecule has 2 rings (SSSR count). The fourth-order valence-corrected chi connectivity index (χ4v) is 1.12. The molecule has 0 spiro atoms. The maximum absolute atomic E-state index is 5.68. The minimum absolute atomic E-state index is 0.675. The molecule has 11 heavy (non-hydrogen) atoms. The Morgan fingerprint density at radius 2 is 2.18 bits per heavy atom. The van der Waals surface area contributed by atoms with Crippen LogP contribution in [-0.4, -0.2) is 23.3 Å². The van der Waals surface area contributed by atoms with Crippen LogP contribution >= 0.6 is 0 Å². The van der Waals surface area contributed by atoms with E-state index in [4.69, 9.17) is 7.85 Å². The molecule has 1 aromatic heterocycles. The predicted octanol–water partition coefficient (Wildman–Crippen LogP) is 0.0601. The summed E-state index contributed by atoms with van der Waals surface area (Å²) in [6.45, 7) is 1.98. The first kappa shape index (κ1) is 6.40. The van der Waals surface area contributed by atoms with Crippen molar-refractivity contribution in [1.82, 2.24) is 15.4 Å². The molecule has 3 nitrogen and oxygen atoms in total. The number of H-pyrrole nitrogens is 1. The number of aryl methyl sites for hydroxylation is 1. The van der Waals surface area contributed by atoms with Crippen LogP contribution in [0.25, 0.3) is 11.0 Å². The molecule has 1 aromatic carbocycles. The average molecular weight is 143 g/mol. The van der Waals surface area contributed by atoms with E-state index in [1.54, 1.807) is 0 Å². The van der Waals surface area contributed by atoms with Crippen molar-refractivity contribution in [2.24, 2.45) is 0 Å². The van der Waals surface area contributed by atoms with E-state index in [0.29, 0.717) is 5.46 Å². The minimum atomic E-state index is 0.675. The van der Waals surface area contributed by atoms with Crippen LogP contribution in [-0.2, 0) is 0 Å². The zero-order valence-electron chi connectivity index (χ0n) is 6.13. The molecule has 52 valence electrons. The van der Waals surface area contributed by atoms with Crippen LogP contribution in [0.5, 0.6) is 0 Å². The van der Waals surface area contributed by atoms with Crippen LogP contribution < -0.4 is 5.46 Å². The topological polar surface area (TPSA) is 41.6 Å². The first-order valence-electron chi connectivity index (χ1n) is 3.34. The van der Waals surface area contributed by atoms with Crippen molar-refractivity contribution < 1.29 is 0 Å². The number of benzene rings is 1. The quantitative estimate of drug-likeness (QED) is 0.529. The maximum Gasteiger partial charge on any atom is 0.117 e. The van der Waals surface area contributed by atoms with Crippen molar-refractivity contribution in [3.63, 3.8) is 0 Å². The van der Waals surface area contributed by atoms with Gasteiger partial charge in [-0.25, -0.2) is 0 Å². The van der Waals surface area contributed by atoms with Gasteiger partial charge in [0.1, 0.15) is 18.9 Å². The fraction of sp³-hybridized carbons (Fsp3) is 0.143. The molecule has 0 amide bonds. The molecule has 0 saturated carbocycles. The highest BCUT2D eigenvalue weighted by Gasteiger charge is 2.00. The summed E-state index contributed by atoms with van der Waals surface area (Å²) < 4.78 is 0. The van der Waals surface area contributed by atoms with Gasteiger partial charge in [0.2, 0.25) is 0 Å². The molecule has 2 radical (unpaired) electrons. The van der Waals surface area contributed by atoms with Gasteiger partial charge in [-0.3, -0.25) is 0 Å². The highest BCUT2D eigenvalue weighted by atomic mass is 15.3. The summed E-state index contributed by atoms with van der Waals surface area (Å²) >= 11 is 0. The van der Waals surface area contributed by atoms with Gasteiger partial charge < -0.3 is 0 Å². The molecule has 2 aromatic rings. The molecule has 0 unspecified atom stereocenters. The second kappa shape index (κ2) is 2.08. The summed E-state index contributed by atoms with van der Waals surface area (Å²) in [6.07, 6.45) is 0. The Morgan fingerprint density at radius 3 is 3.00 bits per heavy atom. The van der Waals surface area contributed by atoms with E-state index in [0.717, 1.165) is 16.6 Å². The lowest BCUT2D eigenvalue weighted by atomic mass is 9.93. The van der Waals surface area contributed by atoms with Crippen molar-refractivity contribution >= 4 is 24.3 Å². The first-order chi connectivity index (χ1) is 5.27. The maximum atomic E-state index is 5.68. The molecular weight excluding hydrogens is 137 g/mol. The van der Waals surface area contributed by atoms with Crippen molar-refractivity contribution in [1.29, 1.82) is 0 Å². The van der Waals surface area contributed by atoms with Gasteiger partial charge in [-0.1, -0.05) is 11.5 Å². The molecule has 0 fully saturated rings. The first-order valence-corrected chi connectivity index (χ1v) is 3.34. The van der Waals surface area contributed by atoms with Gasteiger partial charge in [-0.2, -0.15) is 15.4 Å². The van der Waals surface area contributed by atoms with E-state index in [2.05, 4.69) is 15.4 Å². The van der Waals surface area contributed by atoms with Crippen LogP contribution in [0.4, 0.5) is 0 Å². The highest BCUT2D eigenvalue weighted by Crippen LogP contribution is 2.05. The molecule has 0 saturated heterocycles. The lowest BCUT2D eigenvalue weighted by Gasteiger charge is -1.94. The molecule has 0 bridgehead atoms. The van der Waals surface area contributed by atoms with Gasteiger partial charge >= 0.3 is 0 Å². The van der Waals surface area contributed by atoms with Gasteiger partial charge in [0.15, 0.2) is 0 Å². The van der Waals surface area contributed by atoms with Crippen molar-refractivity contribution in [2.75, 3.05) is 0 Å². The summed E-state index contributed by atoms with van der Waals surface area (Å²) in [5, 5.41) is 10.3. The fourth-order valence-electron chi connectivity index (χ4n) is 1.12. The molecule has 1 N–H and O–H groups in total. The van der Waals surface area contributed by atoms with Crippen molar-refractivity contribution in [3.8, 4) is 0 Å². The Balaban J connectivity index is 2.91. The normalized spacial score (nSPS) is 10.6. The number of rotatable bonds is 0. The minimum Gasteiger partial charge on any atom is -0.197 e. The number of hydrogen-bond acceptors (Lipinski definition) is 2.